The quantitative estimate of drug-likeness (QED) is 0.845. The van der Waals surface area contributed by atoms with Crippen molar-refractivity contribution < 1.29 is 13.0 Å². The summed E-state index contributed by atoms with van der Waals surface area (Å²) >= 11 is 0. The van der Waals surface area contributed by atoms with Gasteiger partial charge >= 0.3 is 0 Å². The third-order valence-electron chi connectivity index (χ3n) is 3.47. The Morgan fingerprint density at radius 3 is 2.24 bits per heavy atom. The minimum Gasteiger partial charge on any atom is -0.744 e. The van der Waals surface area contributed by atoms with Crippen LogP contribution in [0, 0.1) is 0 Å². The first kappa shape index (κ1) is 17.6. The van der Waals surface area contributed by atoms with Gasteiger partial charge in [0, 0.05) is 0 Å². The Morgan fingerprint density at radius 1 is 1.05 bits per heavy atom. The fourth-order valence-corrected chi connectivity index (χ4v) is 3.71. The van der Waals surface area contributed by atoms with Crippen molar-refractivity contribution in [3.05, 3.63) is 41.5 Å². The molecule has 5 heteroatoms. The van der Waals surface area contributed by atoms with E-state index in [0.29, 0.717) is 17.4 Å². The van der Waals surface area contributed by atoms with Crippen LogP contribution in [-0.4, -0.2) is 13.0 Å². The molecule has 4 N–H and O–H groups in total. The second kappa shape index (κ2) is 7.02. The molecule has 0 bridgehead atoms. The number of rotatable bonds is 5. The standard InChI is InChI=1S/C16H20O3S.H3N/c1-3-7-12-11-13-9-5-6-10-15(13)16(20(17,18)19)14(12)8-4-2;/h5-6,9-11H,3-4,7-8H2,1-2H3,(H,17,18,19);1H3. The fraction of sp³-hybridized carbons (Fsp3) is 0.375. The molecule has 2 rings (SSSR count). The molecule has 0 heterocycles. The van der Waals surface area contributed by atoms with E-state index in [1.807, 2.05) is 25.1 Å². The van der Waals surface area contributed by atoms with Gasteiger partial charge in [-0.25, -0.2) is 8.42 Å². The van der Waals surface area contributed by atoms with Crippen LogP contribution in [0.15, 0.2) is 35.2 Å². The smallest absolute Gasteiger partial charge is 0.125 e. The molecule has 21 heavy (non-hydrogen) atoms. The molecule has 0 radical (unpaired) electrons. The van der Waals surface area contributed by atoms with E-state index in [4.69, 9.17) is 0 Å². The van der Waals surface area contributed by atoms with E-state index in [9.17, 15) is 13.0 Å². The predicted octanol–water partition coefficient (Wildman–Crippen LogP) is 4.03. The largest absolute Gasteiger partial charge is 0.744 e. The summed E-state index contributed by atoms with van der Waals surface area (Å²) in [6, 6.07) is 9.23. The molecule has 0 amide bonds. The second-order valence-electron chi connectivity index (χ2n) is 5.02. The number of quaternary nitrogens is 1. The van der Waals surface area contributed by atoms with E-state index >= 15 is 0 Å². The van der Waals surface area contributed by atoms with Gasteiger partial charge in [0.15, 0.2) is 0 Å². The van der Waals surface area contributed by atoms with Gasteiger partial charge in [-0.3, -0.25) is 0 Å². The summed E-state index contributed by atoms with van der Waals surface area (Å²) in [6.07, 6.45) is 3.16. The monoisotopic (exact) mass is 309 g/mol. The third-order valence-corrected chi connectivity index (χ3v) is 4.43. The molecule has 4 nitrogen and oxygen atoms in total. The van der Waals surface area contributed by atoms with Gasteiger partial charge in [-0.05, 0) is 34.7 Å². The number of hydrogen-bond acceptors (Lipinski definition) is 3. The average molecular weight is 309 g/mol. The maximum Gasteiger partial charge on any atom is 0.125 e. The third kappa shape index (κ3) is 3.61. The minimum absolute atomic E-state index is 0. The van der Waals surface area contributed by atoms with E-state index < -0.39 is 10.1 Å². The van der Waals surface area contributed by atoms with Gasteiger partial charge in [-0.15, -0.1) is 0 Å². The first-order valence-electron chi connectivity index (χ1n) is 6.98. The average Bonchev–Trinajstić information content (AvgIpc) is 2.38. The van der Waals surface area contributed by atoms with Crippen molar-refractivity contribution in [3.63, 3.8) is 0 Å². The van der Waals surface area contributed by atoms with Crippen LogP contribution in [0.2, 0.25) is 0 Å². The molecule has 0 unspecified atom stereocenters. The first-order valence-corrected chi connectivity index (χ1v) is 8.39. The Hall–Kier alpha value is -1.43. The van der Waals surface area contributed by atoms with E-state index in [-0.39, 0.29) is 11.0 Å². The lowest BCUT2D eigenvalue weighted by atomic mass is 9.95. The number of fused-ring (bicyclic) bond motifs is 1. The van der Waals surface area contributed by atoms with Gasteiger partial charge in [-0.1, -0.05) is 57.0 Å². The molecule has 0 saturated carbocycles. The van der Waals surface area contributed by atoms with Crippen molar-refractivity contribution in [1.82, 2.24) is 6.15 Å². The van der Waals surface area contributed by atoms with Crippen LogP contribution < -0.4 is 6.15 Å². The van der Waals surface area contributed by atoms with Gasteiger partial charge in [-0.2, -0.15) is 0 Å². The first-order chi connectivity index (χ1) is 9.49. The SMILES string of the molecule is CCCc1cc2ccccc2c(S(=O)(=O)[O-])c1CCC.[NH4+]. The maximum absolute atomic E-state index is 11.7. The Morgan fingerprint density at radius 2 is 1.67 bits per heavy atom. The molecule has 0 fully saturated rings. The predicted molar refractivity (Wildman–Crippen MR) is 85.9 cm³/mol. The van der Waals surface area contributed by atoms with Gasteiger partial charge in [0.2, 0.25) is 0 Å². The van der Waals surface area contributed by atoms with Crippen molar-refractivity contribution >= 4 is 20.9 Å². The van der Waals surface area contributed by atoms with Crippen LogP contribution in [0.1, 0.15) is 37.8 Å². The number of benzene rings is 2. The highest BCUT2D eigenvalue weighted by molar-refractivity contribution is 7.86. The van der Waals surface area contributed by atoms with Gasteiger partial charge in [0.1, 0.15) is 10.1 Å². The fourth-order valence-electron chi connectivity index (χ4n) is 2.71. The Labute approximate surface area is 126 Å². The lowest BCUT2D eigenvalue weighted by molar-refractivity contribution is 0.463. The Balaban J connectivity index is 0.00000220. The molecule has 0 saturated heterocycles. The highest BCUT2D eigenvalue weighted by Gasteiger charge is 2.17. The van der Waals surface area contributed by atoms with Crippen LogP contribution in [-0.2, 0) is 23.0 Å². The van der Waals surface area contributed by atoms with Crippen molar-refractivity contribution in [2.45, 2.75) is 44.4 Å². The normalized spacial score (nSPS) is 11.4. The topological polar surface area (TPSA) is 93.7 Å². The summed E-state index contributed by atoms with van der Waals surface area (Å²) in [5.41, 5.74) is 1.70. The number of aryl methyl sites for hydroxylation is 1. The molecular formula is C16H23NO3S. The molecule has 116 valence electrons. The highest BCUT2D eigenvalue weighted by atomic mass is 32.2. The summed E-state index contributed by atoms with van der Waals surface area (Å²) in [7, 11) is -4.47. The summed E-state index contributed by atoms with van der Waals surface area (Å²) in [4.78, 5) is -0.0131. The Bertz CT molecular complexity index is 724. The minimum atomic E-state index is -4.47. The molecule has 0 aliphatic heterocycles. The Kier molecular flexibility index (Phi) is 5.89. The van der Waals surface area contributed by atoms with Crippen LogP contribution in [0.4, 0.5) is 0 Å². The van der Waals surface area contributed by atoms with Crippen molar-refractivity contribution in [2.75, 3.05) is 0 Å². The van der Waals surface area contributed by atoms with Gasteiger partial charge in [0.05, 0.1) is 4.90 Å². The van der Waals surface area contributed by atoms with Crippen LogP contribution >= 0.6 is 0 Å². The zero-order valence-electron chi connectivity index (χ0n) is 12.8. The van der Waals surface area contributed by atoms with E-state index in [0.717, 1.165) is 30.2 Å². The lowest BCUT2D eigenvalue weighted by Crippen LogP contribution is -2.08. The summed E-state index contributed by atoms with van der Waals surface area (Å²) in [5, 5.41) is 1.37. The van der Waals surface area contributed by atoms with Crippen LogP contribution in [0.3, 0.4) is 0 Å². The zero-order valence-corrected chi connectivity index (χ0v) is 13.7. The van der Waals surface area contributed by atoms with Gasteiger partial charge in [0.25, 0.3) is 0 Å². The molecular weight excluding hydrogens is 286 g/mol. The van der Waals surface area contributed by atoms with E-state index in [1.54, 1.807) is 12.1 Å². The van der Waals surface area contributed by atoms with Crippen LogP contribution in [0.25, 0.3) is 10.8 Å². The number of hydrogen-bond donors (Lipinski definition) is 1. The molecule has 0 aliphatic carbocycles. The summed E-state index contributed by atoms with van der Waals surface area (Å²) in [6.45, 7) is 4.04. The molecule has 0 aromatic heterocycles. The highest BCUT2D eigenvalue weighted by Crippen LogP contribution is 2.31. The maximum atomic E-state index is 11.7. The van der Waals surface area contributed by atoms with E-state index in [1.165, 1.54) is 0 Å². The summed E-state index contributed by atoms with van der Waals surface area (Å²) < 4.78 is 35.2. The molecule has 0 atom stereocenters. The zero-order chi connectivity index (χ0) is 14.8. The van der Waals surface area contributed by atoms with Crippen molar-refractivity contribution in [2.24, 2.45) is 0 Å². The second-order valence-corrected chi connectivity index (χ2v) is 6.34. The van der Waals surface area contributed by atoms with Crippen molar-refractivity contribution in [3.8, 4) is 0 Å². The molecule has 0 spiro atoms. The molecule has 0 aliphatic rings. The van der Waals surface area contributed by atoms with Crippen molar-refractivity contribution in [1.29, 1.82) is 0 Å². The molecule has 2 aromatic rings. The van der Waals surface area contributed by atoms with Gasteiger partial charge < -0.3 is 10.7 Å². The summed E-state index contributed by atoms with van der Waals surface area (Å²) in [5.74, 6) is 0. The van der Waals surface area contributed by atoms with E-state index in [2.05, 4.69) is 6.92 Å². The lowest BCUT2D eigenvalue weighted by Gasteiger charge is -2.19. The molecule has 2 aromatic carbocycles. The van der Waals surface area contributed by atoms with Crippen LogP contribution in [0.5, 0.6) is 0 Å².